The zero-order chi connectivity index (χ0) is 9.42. The molecule has 4 heteroatoms. The van der Waals surface area contributed by atoms with E-state index in [1.807, 2.05) is 6.20 Å². The van der Waals surface area contributed by atoms with Crippen LogP contribution in [-0.4, -0.2) is 22.0 Å². The van der Waals surface area contributed by atoms with E-state index in [9.17, 15) is 0 Å². The highest BCUT2D eigenvalue weighted by Gasteiger charge is 2.31. The molecule has 2 N–H and O–H groups in total. The number of thiazole rings is 1. The third-order valence-electron chi connectivity index (χ3n) is 2.72. The van der Waals surface area contributed by atoms with Crippen molar-refractivity contribution in [3.63, 3.8) is 0 Å². The molecule has 0 saturated carbocycles. The average molecular weight is 197 g/mol. The summed E-state index contributed by atoms with van der Waals surface area (Å²) in [5.74, 6) is 0. The first-order chi connectivity index (χ1) is 6.16. The van der Waals surface area contributed by atoms with E-state index >= 15 is 0 Å². The van der Waals surface area contributed by atoms with Gasteiger partial charge in [-0.1, -0.05) is 0 Å². The van der Waals surface area contributed by atoms with Crippen LogP contribution in [0.1, 0.15) is 25.1 Å². The molecule has 1 aromatic heterocycles. The number of nitrogen functional groups attached to an aromatic ring is 1. The molecular formula is C9H15N3S. The van der Waals surface area contributed by atoms with Crippen LogP contribution in [-0.2, 0) is 6.54 Å². The molecule has 72 valence electrons. The van der Waals surface area contributed by atoms with Crippen molar-refractivity contribution < 1.29 is 0 Å². The first kappa shape index (κ1) is 8.97. The Morgan fingerprint density at radius 1 is 1.62 bits per heavy atom. The summed E-state index contributed by atoms with van der Waals surface area (Å²) in [5, 5.41) is 0.677. The Kier molecular flexibility index (Phi) is 2.26. The number of likely N-dealkylation sites (tertiary alicyclic amines) is 1. The Morgan fingerprint density at radius 3 is 2.77 bits per heavy atom. The molecule has 1 aliphatic rings. The maximum absolute atomic E-state index is 5.57. The summed E-state index contributed by atoms with van der Waals surface area (Å²) in [6, 6.07) is 1.44. The molecule has 0 radical (unpaired) electrons. The van der Waals surface area contributed by atoms with E-state index in [-0.39, 0.29) is 0 Å². The molecule has 2 heterocycles. The molecule has 2 atom stereocenters. The van der Waals surface area contributed by atoms with Crippen molar-refractivity contribution >= 4 is 16.5 Å². The van der Waals surface area contributed by atoms with Crippen molar-refractivity contribution in [1.82, 2.24) is 9.88 Å². The minimum absolute atomic E-state index is 0.677. The highest BCUT2D eigenvalue weighted by molar-refractivity contribution is 7.15. The molecule has 1 fully saturated rings. The largest absolute Gasteiger partial charge is 0.375 e. The molecule has 1 aliphatic heterocycles. The Morgan fingerprint density at radius 2 is 2.31 bits per heavy atom. The second-order valence-electron chi connectivity index (χ2n) is 3.77. The number of aromatic nitrogens is 1. The van der Waals surface area contributed by atoms with Gasteiger partial charge in [-0.25, -0.2) is 4.98 Å². The van der Waals surface area contributed by atoms with Crippen LogP contribution in [0.15, 0.2) is 6.20 Å². The third kappa shape index (κ3) is 1.69. The highest BCUT2D eigenvalue weighted by Crippen LogP contribution is 2.28. The van der Waals surface area contributed by atoms with Crippen LogP contribution in [0.5, 0.6) is 0 Å². The van der Waals surface area contributed by atoms with Crippen LogP contribution in [0.25, 0.3) is 0 Å². The summed E-state index contributed by atoms with van der Waals surface area (Å²) in [6.07, 6.45) is 3.20. The van der Waals surface area contributed by atoms with Crippen molar-refractivity contribution in [2.75, 3.05) is 5.73 Å². The molecule has 2 rings (SSSR count). The zero-order valence-corrected chi connectivity index (χ0v) is 8.84. The van der Waals surface area contributed by atoms with Gasteiger partial charge in [0, 0.05) is 29.7 Å². The Labute approximate surface area is 82.6 Å². The van der Waals surface area contributed by atoms with Gasteiger partial charge in [0.25, 0.3) is 0 Å². The Hall–Kier alpha value is -0.610. The quantitative estimate of drug-likeness (QED) is 0.784. The minimum Gasteiger partial charge on any atom is -0.375 e. The second-order valence-corrected chi connectivity index (χ2v) is 4.92. The lowest BCUT2D eigenvalue weighted by Crippen LogP contribution is -2.51. The number of anilines is 1. The SMILES string of the molecule is CC1CC(C)N1Cc1cnc(N)s1. The van der Waals surface area contributed by atoms with Gasteiger partial charge in [0.05, 0.1) is 0 Å². The molecule has 1 saturated heterocycles. The van der Waals surface area contributed by atoms with E-state index in [1.165, 1.54) is 11.3 Å². The van der Waals surface area contributed by atoms with Crippen LogP contribution in [0.2, 0.25) is 0 Å². The number of nitrogens with zero attached hydrogens (tertiary/aromatic N) is 2. The maximum Gasteiger partial charge on any atom is 0.180 e. The summed E-state index contributed by atoms with van der Waals surface area (Å²) in [7, 11) is 0. The van der Waals surface area contributed by atoms with Crippen molar-refractivity contribution in [3.8, 4) is 0 Å². The molecule has 0 aliphatic carbocycles. The molecule has 13 heavy (non-hydrogen) atoms. The van der Waals surface area contributed by atoms with Gasteiger partial charge in [0.15, 0.2) is 5.13 Å². The van der Waals surface area contributed by atoms with Gasteiger partial charge >= 0.3 is 0 Å². The number of rotatable bonds is 2. The van der Waals surface area contributed by atoms with Gasteiger partial charge in [-0.15, -0.1) is 11.3 Å². The van der Waals surface area contributed by atoms with Crippen LogP contribution in [0.4, 0.5) is 5.13 Å². The van der Waals surface area contributed by atoms with Gasteiger partial charge < -0.3 is 5.73 Å². The van der Waals surface area contributed by atoms with Crippen molar-refractivity contribution in [2.24, 2.45) is 0 Å². The van der Waals surface area contributed by atoms with E-state index in [2.05, 4.69) is 23.7 Å². The Balaban J connectivity index is 1.98. The summed E-state index contributed by atoms with van der Waals surface area (Å²) < 4.78 is 0. The van der Waals surface area contributed by atoms with Crippen molar-refractivity contribution in [3.05, 3.63) is 11.1 Å². The number of hydrogen-bond donors (Lipinski definition) is 1. The van der Waals surface area contributed by atoms with Crippen LogP contribution >= 0.6 is 11.3 Å². The Bertz CT molecular complexity index is 289. The second kappa shape index (κ2) is 3.27. The lowest BCUT2D eigenvalue weighted by atomic mass is 9.96. The molecule has 0 spiro atoms. The van der Waals surface area contributed by atoms with Crippen LogP contribution < -0.4 is 5.73 Å². The average Bonchev–Trinajstić information content (AvgIpc) is 2.48. The fourth-order valence-corrected chi connectivity index (χ4v) is 2.64. The fourth-order valence-electron chi connectivity index (χ4n) is 1.95. The molecule has 3 nitrogen and oxygen atoms in total. The molecule has 0 amide bonds. The third-order valence-corrected chi connectivity index (χ3v) is 3.54. The van der Waals surface area contributed by atoms with E-state index in [0.29, 0.717) is 5.13 Å². The molecule has 2 unspecified atom stereocenters. The predicted molar refractivity (Wildman–Crippen MR) is 55.6 cm³/mol. The van der Waals surface area contributed by atoms with Gasteiger partial charge in [-0.2, -0.15) is 0 Å². The minimum atomic E-state index is 0.677. The van der Waals surface area contributed by atoms with Gasteiger partial charge in [0.2, 0.25) is 0 Å². The smallest absolute Gasteiger partial charge is 0.180 e. The number of nitrogens with two attached hydrogens (primary N) is 1. The van der Waals surface area contributed by atoms with Crippen LogP contribution in [0.3, 0.4) is 0 Å². The first-order valence-electron chi connectivity index (χ1n) is 4.62. The predicted octanol–water partition coefficient (Wildman–Crippen LogP) is 1.71. The normalized spacial score (nSPS) is 28.8. The van der Waals surface area contributed by atoms with Crippen molar-refractivity contribution in [2.45, 2.75) is 38.9 Å². The standard InChI is InChI=1S/C9H15N3S/c1-6-3-7(2)12(6)5-8-4-11-9(10)13-8/h4,6-7H,3,5H2,1-2H3,(H2,10,11). The van der Waals surface area contributed by atoms with Gasteiger partial charge in [0.1, 0.15) is 0 Å². The zero-order valence-electron chi connectivity index (χ0n) is 8.03. The lowest BCUT2D eigenvalue weighted by molar-refractivity contribution is 0.0305. The van der Waals surface area contributed by atoms with E-state index in [4.69, 9.17) is 5.73 Å². The molecule has 0 aromatic carbocycles. The lowest BCUT2D eigenvalue weighted by Gasteiger charge is -2.45. The summed E-state index contributed by atoms with van der Waals surface area (Å²) in [4.78, 5) is 7.80. The summed E-state index contributed by atoms with van der Waals surface area (Å²) >= 11 is 1.59. The highest BCUT2D eigenvalue weighted by atomic mass is 32.1. The number of hydrogen-bond acceptors (Lipinski definition) is 4. The van der Waals surface area contributed by atoms with E-state index < -0.39 is 0 Å². The van der Waals surface area contributed by atoms with E-state index in [1.54, 1.807) is 11.3 Å². The summed E-state index contributed by atoms with van der Waals surface area (Å²) in [6.45, 7) is 5.55. The maximum atomic E-state index is 5.57. The van der Waals surface area contributed by atoms with Crippen molar-refractivity contribution in [1.29, 1.82) is 0 Å². The molecule has 1 aromatic rings. The van der Waals surface area contributed by atoms with E-state index in [0.717, 1.165) is 18.6 Å². The molecular weight excluding hydrogens is 182 g/mol. The van der Waals surface area contributed by atoms with Crippen LogP contribution in [0, 0.1) is 0 Å². The van der Waals surface area contributed by atoms with Gasteiger partial charge in [-0.3, -0.25) is 4.90 Å². The van der Waals surface area contributed by atoms with Gasteiger partial charge in [-0.05, 0) is 20.3 Å². The monoisotopic (exact) mass is 197 g/mol. The molecule has 0 bridgehead atoms. The first-order valence-corrected chi connectivity index (χ1v) is 5.44. The summed E-state index contributed by atoms with van der Waals surface area (Å²) in [5.41, 5.74) is 5.57. The topological polar surface area (TPSA) is 42.2 Å². The fraction of sp³-hybridized carbons (Fsp3) is 0.667.